The molecular formula is C16H25N3O. The lowest BCUT2D eigenvalue weighted by molar-refractivity contribution is 0.411. The second kappa shape index (κ2) is 6.64. The van der Waals surface area contributed by atoms with Crippen LogP contribution in [0.15, 0.2) is 23.2 Å². The van der Waals surface area contributed by atoms with Crippen LogP contribution in [0.5, 0.6) is 5.75 Å². The number of nitrogens with zero attached hydrogens (tertiary/aromatic N) is 1. The van der Waals surface area contributed by atoms with E-state index in [4.69, 9.17) is 4.74 Å². The normalized spacial score (nSPS) is 21.5. The largest absolute Gasteiger partial charge is 0.496 e. The molecule has 2 atom stereocenters. The first-order valence-electron chi connectivity index (χ1n) is 7.24. The smallest absolute Gasteiger partial charge is 0.191 e. The second-order valence-corrected chi connectivity index (χ2v) is 5.52. The molecule has 1 saturated carbocycles. The van der Waals surface area contributed by atoms with Crippen molar-refractivity contribution in [2.45, 2.75) is 32.7 Å². The van der Waals surface area contributed by atoms with Gasteiger partial charge in [0.05, 0.1) is 7.11 Å². The van der Waals surface area contributed by atoms with Crippen molar-refractivity contribution in [1.29, 1.82) is 0 Å². The molecule has 1 aliphatic carbocycles. The fourth-order valence-electron chi connectivity index (χ4n) is 2.24. The molecule has 1 aromatic rings. The highest BCUT2D eigenvalue weighted by Gasteiger charge is 2.33. The molecule has 110 valence electrons. The molecule has 0 heterocycles. The topological polar surface area (TPSA) is 45.7 Å². The molecule has 0 aliphatic heterocycles. The molecule has 2 unspecified atom stereocenters. The molecule has 2 N–H and O–H groups in total. The van der Waals surface area contributed by atoms with E-state index in [0.717, 1.165) is 30.6 Å². The minimum Gasteiger partial charge on any atom is -0.496 e. The summed E-state index contributed by atoms with van der Waals surface area (Å²) in [6.45, 7) is 5.18. The zero-order valence-corrected chi connectivity index (χ0v) is 12.9. The fraction of sp³-hybridized carbons (Fsp3) is 0.562. The minimum absolute atomic E-state index is 0.598. The summed E-state index contributed by atoms with van der Waals surface area (Å²) in [5.74, 6) is 2.63. The summed E-state index contributed by atoms with van der Waals surface area (Å²) in [7, 11) is 3.53. The Morgan fingerprint density at radius 3 is 2.80 bits per heavy atom. The van der Waals surface area contributed by atoms with Crippen LogP contribution in [0.1, 0.15) is 24.5 Å². The van der Waals surface area contributed by atoms with Crippen LogP contribution in [0.2, 0.25) is 0 Å². The lowest BCUT2D eigenvalue weighted by Crippen LogP contribution is -2.39. The predicted molar refractivity (Wildman–Crippen MR) is 83.5 cm³/mol. The zero-order chi connectivity index (χ0) is 14.5. The number of hydrogen-bond acceptors (Lipinski definition) is 2. The number of aliphatic imine (C=N–C) groups is 1. The summed E-state index contributed by atoms with van der Waals surface area (Å²) >= 11 is 0. The monoisotopic (exact) mass is 275 g/mol. The Balaban J connectivity index is 1.79. The summed E-state index contributed by atoms with van der Waals surface area (Å²) in [5.41, 5.74) is 2.44. The number of guanidine groups is 1. The molecule has 2 rings (SSSR count). The first-order chi connectivity index (χ1) is 9.63. The second-order valence-electron chi connectivity index (χ2n) is 5.52. The predicted octanol–water partition coefficient (Wildman–Crippen LogP) is 2.12. The first kappa shape index (κ1) is 14.7. The van der Waals surface area contributed by atoms with Crippen molar-refractivity contribution in [3.63, 3.8) is 0 Å². The molecule has 0 radical (unpaired) electrons. The van der Waals surface area contributed by atoms with E-state index in [1.54, 1.807) is 7.11 Å². The van der Waals surface area contributed by atoms with Crippen LogP contribution in [0, 0.1) is 12.8 Å². The maximum Gasteiger partial charge on any atom is 0.191 e. The highest BCUT2D eigenvalue weighted by Crippen LogP contribution is 2.28. The molecule has 4 heteroatoms. The molecule has 1 aromatic carbocycles. The molecule has 20 heavy (non-hydrogen) atoms. The maximum atomic E-state index is 5.35. The number of hydrogen-bond donors (Lipinski definition) is 2. The standard InChI is InChI=1S/C16H25N3O/c1-11-5-6-13(10-15(11)20-4)7-8-18-16(17-3)19-14-9-12(14)2/h5-6,10,12,14H,7-9H2,1-4H3,(H2,17,18,19). The third kappa shape index (κ3) is 3.89. The van der Waals surface area contributed by atoms with E-state index in [9.17, 15) is 0 Å². The fourth-order valence-corrected chi connectivity index (χ4v) is 2.24. The van der Waals surface area contributed by atoms with E-state index < -0.39 is 0 Å². The van der Waals surface area contributed by atoms with Crippen LogP contribution in [0.3, 0.4) is 0 Å². The zero-order valence-electron chi connectivity index (χ0n) is 12.9. The Kier molecular flexibility index (Phi) is 4.88. The Labute approximate surface area is 121 Å². The van der Waals surface area contributed by atoms with Gasteiger partial charge < -0.3 is 15.4 Å². The van der Waals surface area contributed by atoms with Crippen molar-refractivity contribution in [1.82, 2.24) is 10.6 Å². The van der Waals surface area contributed by atoms with Crippen molar-refractivity contribution in [2.24, 2.45) is 10.9 Å². The van der Waals surface area contributed by atoms with E-state index in [1.165, 1.54) is 17.5 Å². The number of aryl methyl sites for hydroxylation is 1. The number of rotatable bonds is 5. The van der Waals surface area contributed by atoms with Gasteiger partial charge in [0.2, 0.25) is 0 Å². The van der Waals surface area contributed by atoms with Gasteiger partial charge in [-0.1, -0.05) is 19.1 Å². The third-order valence-electron chi connectivity index (χ3n) is 3.83. The minimum atomic E-state index is 0.598. The van der Waals surface area contributed by atoms with Crippen molar-refractivity contribution >= 4 is 5.96 Å². The Hall–Kier alpha value is -1.71. The number of nitrogens with one attached hydrogen (secondary N) is 2. The summed E-state index contributed by atoms with van der Waals surface area (Å²) in [6, 6.07) is 6.96. The Morgan fingerprint density at radius 1 is 1.45 bits per heavy atom. The average Bonchev–Trinajstić information content (AvgIpc) is 3.14. The van der Waals surface area contributed by atoms with Crippen LogP contribution in [0.4, 0.5) is 0 Å². The van der Waals surface area contributed by atoms with Crippen LogP contribution in [-0.4, -0.2) is 32.7 Å². The van der Waals surface area contributed by atoms with Crippen molar-refractivity contribution < 1.29 is 4.74 Å². The molecule has 0 aromatic heterocycles. The molecule has 0 amide bonds. The molecule has 1 aliphatic rings. The highest BCUT2D eigenvalue weighted by atomic mass is 16.5. The summed E-state index contributed by atoms with van der Waals surface area (Å²) in [6.07, 6.45) is 2.20. The Morgan fingerprint density at radius 2 is 2.20 bits per heavy atom. The maximum absolute atomic E-state index is 5.35. The van der Waals surface area contributed by atoms with Crippen molar-refractivity contribution in [3.8, 4) is 5.75 Å². The number of methoxy groups -OCH3 is 1. The van der Waals surface area contributed by atoms with Gasteiger partial charge in [0.15, 0.2) is 5.96 Å². The van der Waals surface area contributed by atoms with Crippen LogP contribution in [-0.2, 0) is 6.42 Å². The third-order valence-corrected chi connectivity index (χ3v) is 3.83. The van der Waals surface area contributed by atoms with E-state index in [2.05, 4.69) is 47.7 Å². The van der Waals surface area contributed by atoms with Gasteiger partial charge in [0.25, 0.3) is 0 Å². The van der Waals surface area contributed by atoms with Gasteiger partial charge in [-0.2, -0.15) is 0 Å². The van der Waals surface area contributed by atoms with Gasteiger partial charge in [-0.3, -0.25) is 4.99 Å². The van der Waals surface area contributed by atoms with Crippen molar-refractivity contribution in [3.05, 3.63) is 29.3 Å². The van der Waals surface area contributed by atoms with Crippen LogP contribution < -0.4 is 15.4 Å². The van der Waals surface area contributed by atoms with E-state index >= 15 is 0 Å². The van der Waals surface area contributed by atoms with Crippen LogP contribution >= 0.6 is 0 Å². The van der Waals surface area contributed by atoms with E-state index in [0.29, 0.717) is 6.04 Å². The number of benzene rings is 1. The molecule has 0 saturated heterocycles. The molecule has 0 bridgehead atoms. The van der Waals surface area contributed by atoms with Gasteiger partial charge in [-0.05, 0) is 42.9 Å². The van der Waals surface area contributed by atoms with Gasteiger partial charge in [0.1, 0.15) is 5.75 Å². The van der Waals surface area contributed by atoms with Gasteiger partial charge in [-0.15, -0.1) is 0 Å². The quantitative estimate of drug-likeness (QED) is 0.639. The lowest BCUT2D eigenvalue weighted by atomic mass is 10.1. The highest BCUT2D eigenvalue weighted by molar-refractivity contribution is 5.80. The SMILES string of the molecule is CN=C(NCCc1ccc(C)c(OC)c1)NC1CC1C. The van der Waals surface area contributed by atoms with Gasteiger partial charge in [-0.25, -0.2) is 0 Å². The van der Waals surface area contributed by atoms with Crippen molar-refractivity contribution in [2.75, 3.05) is 20.7 Å². The average molecular weight is 275 g/mol. The summed E-state index contributed by atoms with van der Waals surface area (Å²) in [4.78, 5) is 4.25. The van der Waals surface area contributed by atoms with E-state index in [-0.39, 0.29) is 0 Å². The molecule has 4 nitrogen and oxygen atoms in total. The summed E-state index contributed by atoms with van der Waals surface area (Å²) in [5, 5.41) is 6.78. The molecule has 1 fully saturated rings. The molecule has 0 spiro atoms. The number of ether oxygens (including phenoxy) is 1. The van der Waals surface area contributed by atoms with Crippen LogP contribution in [0.25, 0.3) is 0 Å². The first-order valence-corrected chi connectivity index (χ1v) is 7.24. The summed E-state index contributed by atoms with van der Waals surface area (Å²) < 4.78 is 5.35. The molecular weight excluding hydrogens is 250 g/mol. The van der Waals surface area contributed by atoms with E-state index in [1.807, 2.05) is 7.05 Å². The van der Waals surface area contributed by atoms with Gasteiger partial charge in [0, 0.05) is 19.6 Å². The lowest BCUT2D eigenvalue weighted by Gasteiger charge is -2.12. The Bertz CT molecular complexity index is 485. The van der Waals surface area contributed by atoms with Gasteiger partial charge >= 0.3 is 0 Å².